The van der Waals surface area contributed by atoms with Crippen molar-refractivity contribution in [3.8, 4) is 0 Å². The number of carbonyl (C=O) groups excluding carboxylic acids is 1. The number of halogens is 1. The topological polar surface area (TPSA) is 49.6 Å². The number of benzene rings is 1. The SMILES string of the molecule is NC(=O)N1CCN(c2ccccc2F)CC1C1CCCCC1. The van der Waals surface area contributed by atoms with Gasteiger partial charge in [-0.25, -0.2) is 9.18 Å². The number of hydrogen-bond donors (Lipinski definition) is 1. The Labute approximate surface area is 131 Å². The summed E-state index contributed by atoms with van der Waals surface area (Å²) >= 11 is 0. The van der Waals surface area contributed by atoms with E-state index in [-0.39, 0.29) is 17.9 Å². The van der Waals surface area contributed by atoms with E-state index >= 15 is 0 Å². The van der Waals surface area contributed by atoms with Crippen LogP contribution in [0.3, 0.4) is 0 Å². The second-order valence-corrected chi connectivity index (χ2v) is 6.39. The van der Waals surface area contributed by atoms with Crippen LogP contribution in [0.1, 0.15) is 32.1 Å². The van der Waals surface area contributed by atoms with Gasteiger partial charge in [-0.15, -0.1) is 0 Å². The minimum atomic E-state index is -0.344. The lowest BCUT2D eigenvalue weighted by atomic mass is 9.82. The quantitative estimate of drug-likeness (QED) is 0.913. The van der Waals surface area contributed by atoms with Crippen molar-refractivity contribution in [2.24, 2.45) is 11.7 Å². The highest BCUT2D eigenvalue weighted by Gasteiger charge is 2.36. The largest absolute Gasteiger partial charge is 0.365 e. The van der Waals surface area contributed by atoms with Gasteiger partial charge in [-0.2, -0.15) is 0 Å². The van der Waals surface area contributed by atoms with Crippen LogP contribution in [0.25, 0.3) is 0 Å². The predicted molar refractivity (Wildman–Crippen MR) is 85.3 cm³/mol. The Morgan fingerprint density at radius 1 is 1.14 bits per heavy atom. The number of nitrogens with zero attached hydrogens (tertiary/aromatic N) is 2. The zero-order valence-corrected chi connectivity index (χ0v) is 12.9. The van der Waals surface area contributed by atoms with E-state index in [4.69, 9.17) is 5.73 Å². The van der Waals surface area contributed by atoms with Gasteiger partial charge in [0.2, 0.25) is 0 Å². The third kappa shape index (κ3) is 3.03. The molecule has 0 radical (unpaired) electrons. The molecule has 22 heavy (non-hydrogen) atoms. The third-order valence-electron chi connectivity index (χ3n) is 5.09. The number of piperazine rings is 1. The van der Waals surface area contributed by atoms with E-state index in [2.05, 4.69) is 4.90 Å². The van der Waals surface area contributed by atoms with E-state index in [1.807, 2.05) is 12.1 Å². The first kappa shape index (κ1) is 15.1. The van der Waals surface area contributed by atoms with Gasteiger partial charge in [-0.1, -0.05) is 31.4 Å². The maximum Gasteiger partial charge on any atom is 0.315 e. The number of hydrogen-bond acceptors (Lipinski definition) is 2. The van der Waals surface area contributed by atoms with Gasteiger partial charge in [0, 0.05) is 19.6 Å². The van der Waals surface area contributed by atoms with Gasteiger partial charge in [-0.05, 0) is 30.9 Å². The normalized spacial score (nSPS) is 23.6. The zero-order chi connectivity index (χ0) is 15.5. The summed E-state index contributed by atoms with van der Waals surface area (Å²) in [7, 11) is 0. The molecule has 1 atom stereocenters. The van der Waals surface area contributed by atoms with Crippen LogP contribution >= 0.6 is 0 Å². The number of nitrogens with two attached hydrogens (primary N) is 1. The summed E-state index contributed by atoms with van der Waals surface area (Å²) in [6.45, 7) is 1.88. The minimum absolute atomic E-state index is 0.103. The van der Waals surface area contributed by atoms with Gasteiger partial charge in [0.05, 0.1) is 11.7 Å². The Hall–Kier alpha value is -1.78. The first-order chi connectivity index (χ1) is 10.7. The monoisotopic (exact) mass is 305 g/mol. The molecule has 2 aliphatic rings. The second-order valence-electron chi connectivity index (χ2n) is 6.39. The molecule has 0 spiro atoms. The van der Waals surface area contributed by atoms with Crippen molar-refractivity contribution in [2.75, 3.05) is 24.5 Å². The van der Waals surface area contributed by atoms with E-state index < -0.39 is 0 Å². The van der Waals surface area contributed by atoms with Crippen molar-refractivity contribution in [1.29, 1.82) is 0 Å². The molecule has 3 rings (SSSR count). The molecule has 0 aromatic heterocycles. The Balaban J connectivity index is 1.80. The van der Waals surface area contributed by atoms with E-state index in [0.29, 0.717) is 31.2 Å². The highest BCUT2D eigenvalue weighted by Crippen LogP contribution is 2.32. The molecule has 1 saturated heterocycles. The number of carbonyl (C=O) groups is 1. The smallest absolute Gasteiger partial charge is 0.315 e. The highest BCUT2D eigenvalue weighted by molar-refractivity contribution is 5.73. The van der Waals surface area contributed by atoms with Crippen molar-refractivity contribution < 1.29 is 9.18 Å². The Bertz CT molecular complexity index is 530. The Morgan fingerprint density at radius 3 is 2.55 bits per heavy atom. The van der Waals surface area contributed by atoms with Crippen molar-refractivity contribution in [2.45, 2.75) is 38.1 Å². The fourth-order valence-electron chi connectivity index (χ4n) is 3.93. The number of rotatable bonds is 2. The van der Waals surface area contributed by atoms with Crippen LogP contribution in [-0.2, 0) is 0 Å². The van der Waals surface area contributed by atoms with Crippen molar-refractivity contribution in [3.05, 3.63) is 30.1 Å². The Kier molecular flexibility index (Phi) is 4.50. The Morgan fingerprint density at radius 2 is 1.86 bits per heavy atom. The number of para-hydroxylation sites is 1. The molecule has 1 aromatic rings. The van der Waals surface area contributed by atoms with Gasteiger partial charge in [0.25, 0.3) is 0 Å². The van der Waals surface area contributed by atoms with Gasteiger partial charge in [0.1, 0.15) is 5.82 Å². The molecule has 2 fully saturated rings. The van der Waals surface area contributed by atoms with Gasteiger partial charge in [0.15, 0.2) is 0 Å². The van der Waals surface area contributed by atoms with Gasteiger partial charge < -0.3 is 15.5 Å². The molecule has 1 aliphatic carbocycles. The van der Waals surface area contributed by atoms with Crippen LogP contribution in [0, 0.1) is 11.7 Å². The van der Waals surface area contributed by atoms with Crippen LogP contribution in [0.2, 0.25) is 0 Å². The van der Waals surface area contributed by atoms with Gasteiger partial charge in [-0.3, -0.25) is 0 Å². The van der Waals surface area contributed by atoms with E-state index in [1.165, 1.54) is 25.3 Å². The van der Waals surface area contributed by atoms with E-state index in [1.54, 1.807) is 11.0 Å². The molecule has 1 saturated carbocycles. The van der Waals surface area contributed by atoms with Crippen molar-refractivity contribution in [1.82, 2.24) is 4.90 Å². The fourth-order valence-corrected chi connectivity index (χ4v) is 3.93. The summed E-state index contributed by atoms with van der Waals surface area (Å²) in [5.74, 6) is 0.285. The molecule has 120 valence electrons. The molecule has 1 aromatic carbocycles. The molecule has 5 heteroatoms. The van der Waals surface area contributed by atoms with Crippen LogP contribution < -0.4 is 10.6 Å². The molecule has 1 unspecified atom stereocenters. The lowest BCUT2D eigenvalue weighted by molar-refractivity contribution is 0.126. The fraction of sp³-hybridized carbons (Fsp3) is 0.588. The van der Waals surface area contributed by atoms with Crippen molar-refractivity contribution >= 4 is 11.7 Å². The van der Waals surface area contributed by atoms with Crippen molar-refractivity contribution in [3.63, 3.8) is 0 Å². The van der Waals surface area contributed by atoms with Gasteiger partial charge >= 0.3 is 6.03 Å². The van der Waals surface area contributed by atoms with Crippen LogP contribution in [0.4, 0.5) is 14.9 Å². The molecular weight excluding hydrogens is 281 g/mol. The van der Waals surface area contributed by atoms with Crippen LogP contribution in [0.5, 0.6) is 0 Å². The first-order valence-corrected chi connectivity index (χ1v) is 8.22. The number of primary amides is 1. The molecule has 2 N–H and O–H groups in total. The zero-order valence-electron chi connectivity index (χ0n) is 12.9. The standard InChI is InChI=1S/C17H24FN3O/c18-14-8-4-5-9-15(14)20-10-11-21(17(19)22)16(12-20)13-6-2-1-3-7-13/h4-5,8-9,13,16H,1-3,6-7,10-12H2,(H2,19,22). The summed E-state index contributed by atoms with van der Waals surface area (Å²) in [6, 6.07) is 6.62. The van der Waals surface area contributed by atoms with E-state index in [9.17, 15) is 9.18 Å². The molecule has 1 aliphatic heterocycles. The maximum absolute atomic E-state index is 14.1. The average Bonchev–Trinajstić information content (AvgIpc) is 2.55. The van der Waals surface area contributed by atoms with Crippen LogP contribution in [0.15, 0.2) is 24.3 Å². The summed E-state index contributed by atoms with van der Waals surface area (Å²) in [6.07, 6.45) is 5.98. The van der Waals surface area contributed by atoms with Crippen LogP contribution in [-0.4, -0.2) is 36.6 Å². The number of amides is 2. The second kappa shape index (κ2) is 6.55. The molecule has 2 amide bonds. The summed E-state index contributed by atoms with van der Waals surface area (Å²) in [5.41, 5.74) is 6.20. The number of urea groups is 1. The maximum atomic E-state index is 14.1. The molecule has 4 nitrogen and oxygen atoms in total. The lowest BCUT2D eigenvalue weighted by Crippen LogP contribution is -2.59. The third-order valence-corrected chi connectivity index (χ3v) is 5.09. The summed E-state index contributed by atoms with van der Waals surface area (Å²) < 4.78 is 14.1. The average molecular weight is 305 g/mol. The first-order valence-electron chi connectivity index (χ1n) is 8.22. The summed E-state index contributed by atoms with van der Waals surface area (Å²) in [4.78, 5) is 15.6. The highest BCUT2D eigenvalue weighted by atomic mass is 19.1. The number of anilines is 1. The lowest BCUT2D eigenvalue weighted by Gasteiger charge is -2.46. The minimum Gasteiger partial charge on any atom is -0.365 e. The molecule has 1 heterocycles. The predicted octanol–water partition coefficient (Wildman–Crippen LogP) is 2.98. The summed E-state index contributed by atoms with van der Waals surface area (Å²) in [5, 5.41) is 0. The van der Waals surface area contributed by atoms with E-state index in [0.717, 1.165) is 12.8 Å². The molecular formula is C17H24FN3O. The molecule has 0 bridgehead atoms.